The van der Waals surface area contributed by atoms with Crippen LogP contribution in [0.4, 0.5) is 20.6 Å². The molecule has 2 N–H and O–H groups in total. The predicted molar refractivity (Wildman–Crippen MR) is 115 cm³/mol. The van der Waals surface area contributed by atoms with E-state index in [1.54, 1.807) is 17.0 Å². The molecule has 0 bridgehead atoms. The largest absolute Gasteiger partial charge is 0.444 e. The molecule has 6 nitrogen and oxygen atoms in total. The van der Waals surface area contributed by atoms with E-state index in [1.807, 2.05) is 27.8 Å². The van der Waals surface area contributed by atoms with Gasteiger partial charge in [-0.25, -0.2) is 9.18 Å². The van der Waals surface area contributed by atoms with Crippen LogP contribution in [0.3, 0.4) is 0 Å². The maximum Gasteiger partial charge on any atom is 0.410 e. The first-order valence-electron chi connectivity index (χ1n) is 10.6. The quantitative estimate of drug-likeness (QED) is 0.776. The molecule has 3 rings (SSSR count). The van der Waals surface area contributed by atoms with E-state index in [9.17, 15) is 9.18 Å². The molecule has 1 amide bonds. The molecule has 0 spiro atoms. The lowest BCUT2D eigenvalue weighted by Crippen LogP contribution is -2.52. The highest BCUT2D eigenvalue weighted by atomic mass is 19.1. The lowest BCUT2D eigenvalue weighted by molar-refractivity contribution is 0.0148. The number of nitrogens with two attached hydrogens (primary N) is 1. The summed E-state index contributed by atoms with van der Waals surface area (Å²) < 4.78 is 19.7. The topological polar surface area (TPSA) is 62.0 Å². The van der Waals surface area contributed by atoms with Crippen LogP contribution in [-0.4, -0.2) is 66.8 Å². The van der Waals surface area contributed by atoms with Gasteiger partial charge in [0.1, 0.15) is 11.4 Å². The highest BCUT2D eigenvalue weighted by Crippen LogP contribution is 2.29. The van der Waals surface area contributed by atoms with E-state index in [1.165, 1.54) is 6.07 Å². The molecular formula is C22H35FN4O2. The summed E-state index contributed by atoms with van der Waals surface area (Å²) in [5.74, 6) is -0.246. The second-order valence-electron chi connectivity index (χ2n) is 9.29. The van der Waals surface area contributed by atoms with Crippen LogP contribution in [0.2, 0.25) is 0 Å². The van der Waals surface area contributed by atoms with Gasteiger partial charge < -0.3 is 20.3 Å². The summed E-state index contributed by atoms with van der Waals surface area (Å²) in [6.45, 7) is 9.18. The third-order valence-corrected chi connectivity index (χ3v) is 6.04. The molecule has 0 atom stereocenters. The second-order valence-corrected chi connectivity index (χ2v) is 9.29. The number of amides is 1. The van der Waals surface area contributed by atoms with Crippen molar-refractivity contribution in [2.24, 2.45) is 0 Å². The second kappa shape index (κ2) is 8.78. The highest BCUT2D eigenvalue weighted by Gasteiger charge is 2.32. The van der Waals surface area contributed by atoms with Crippen molar-refractivity contribution in [2.75, 3.05) is 43.9 Å². The first-order valence-corrected chi connectivity index (χ1v) is 10.6. The summed E-state index contributed by atoms with van der Waals surface area (Å²) in [6.07, 6.45) is 3.91. The van der Waals surface area contributed by atoms with Crippen LogP contribution in [0.5, 0.6) is 0 Å². The molecule has 1 aromatic rings. The first kappa shape index (κ1) is 21.7. The molecule has 1 saturated carbocycles. The zero-order valence-electron chi connectivity index (χ0n) is 18.2. The number of carbonyl (C=O) groups is 1. The Balaban J connectivity index is 1.47. The van der Waals surface area contributed by atoms with E-state index in [2.05, 4.69) is 9.80 Å². The molecule has 0 unspecified atom stereocenters. The highest BCUT2D eigenvalue weighted by molar-refractivity contribution is 5.68. The maximum absolute atomic E-state index is 14.2. The minimum Gasteiger partial charge on any atom is -0.444 e. The van der Waals surface area contributed by atoms with Gasteiger partial charge in [-0.2, -0.15) is 0 Å². The normalized spacial score (nSPS) is 23.7. The third-order valence-electron chi connectivity index (χ3n) is 6.04. The Hall–Kier alpha value is -2.02. The summed E-state index contributed by atoms with van der Waals surface area (Å²) in [4.78, 5) is 18.7. The smallest absolute Gasteiger partial charge is 0.410 e. The molecule has 2 fully saturated rings. The van der Waals surface area contributed by atoms with Gasteiger partial charge in [0.25, 0.3) is 0 Å². The van der Waals surface area contributed by atoms with E-state index in [4.69, 9.17) is 10.5 Å². The lowest BCUT2D eigenvalue weighted by atomic mass is 9.89. The average molecular weight is 407 g/mol. The number of ether oxygens (including phenoxy) is 1. The number of carbonyl (C=O) groups excluding carboxylic acids is 1. The van der Waals surface area contributed by atoms with Crippen molar-refractivity contribution in [3.8, 4) is 0 Å². The summed E-state index contributed by atoms with van der Waals surface area (Å²) in [6, 6.07) is 5.71. The van der Waals surface area contributed by atoms with Gasteiger partial charge in [0.2, 0.25) is 0 Å². The zero-order chi connectivity index (χ0) is 21.2. The molecule has 0 radical (unpaired) electrons. The monoisotopic (exact) mass is 406 g/mol. The summed E-state index contributed by atoms with van der Waals surface area (Å²) in [5.41, 5.74) is 6.29. The third kappa shape index (κ3) is 5.53. The SMILES string of the molecule is CN(C(=O)OC(C)(C)C)[C@H]1CC[C@H](N2CCN(c3ccc(N)cc3F)CC2)CC1. The number of nitrogen functional groups attached to an aromatic ring is 1. The molecule has 1 heterocycles. The number of benzene rings is 1. The number of hydrogen-bond donors (Lipinski definition) is 1. The van der Waals surface area contributed by atoms with E-state index in [0.717, 1.165) is 51.9 Å². The lowest BCUT2D eigenvalue weighted by Gasteiger charge is -2.43. The Kier molecular flexibility index (Phi) is 6.56. The van der Waals surface area contributed by atoms with Crippen molar-refractivity contribution in [1.29, 1.82) is 0 Å². The minimum absolute atomic E-state index is 0.236. The molecule has 1 aliphatic carbocycles. The average Bonchev–Trinajstić information content (AvgIpc) is 2.66. The van der Waals surface area contributed by atoms with Crippen LogP contribution in [0.1, 0.15) is 46.5 Å². The van der Waals surface area contributed by atoms with Crippen LogP contribution < -0.4 is 10.6 Å². The van der Waals surface area contributed by atoms with Gasteiger partial charge in [-0.15, -0.1) is 0 Å². The van der Waals surface area contributed by atoms with E-state index in [-0.39, 0.29) is 18.0 Å². The summed E-state index contributed by atoms with van der Waals surface area (Å²) in [7, 11) is 1.85. The van der Waals surface area contributed by atoms with Crippen molar-refractivity contribution in [3.05, 3.63) is 24.0 Å². The molecule has 7 heteroatoms. The van der Waals surface area contributed by atoms with Gasteiger partial charge in [0.05, 0.1) is 5.69 Å². The van der Waals surface area contributed by atoms with Gasteiger partial charge in [-0.1, -0.05) is 0 Å². The van der Waals surface area contributed by atoms with Crippen LogP contribution in [0.25, 0.3) is 0 Å². The van der Waals surface area contributed by atoms with Crippen LogP contribution in [0, 0.1) is 5.82 Å². The van der Waals surface area contributed by atoms with Gasteiger partial charge in [0, 0.05) is 51.0 Å². The van der Waals surface area contributed by atoms with Crippen molar-refractivity contribution in [3.63, 3.8) is 0 Å². The van der Waals surface area contributed by atoms with Crippen molar-refractivity contribution in [1.82, 2.24) is 9.80 Å². The molecular weight excluding hydrogens is 371 g/mol. The summed E-state index contributed by atoms with van der Waals surface area (Å²) >= 11 is 0. The predicted octanol–water partition coefficient (Wildman–Crippen LogP) is 3.71. The fourth-order valence-corrected chi connectivity index (χ4v) is 4.40. The van der Waals surface area contributed by atoms with Crippen LogP contribution in [-0.2, 0) is 4.74 Å². The fourth-order valence-electron chi connectivity index (χ4n) is 4.40. The zero-order valence-corrected chi connectivity index (χ0v) is 18.2. The number of hydrogen-bond acceptors (Lipinski definition) is 5. The van der Waals surface area contributed by atoms with Gasteiger partial charge in [-0.3, -0.25) is 4.90 Å². The molecule has 1 saturated heterocycles. The molecule has 2 aliphatic rings. The Morgan fingerprint density at radius 1 is 1.14 bits per heavy atom. The fraction of sp³-hybridized carbons (Fsp3) is 0.682. The van der Waals surface area contributed by atoms with Crippen molar-refractivity contribution < 1.29 is 13.9 Å². The number of halogens is 1. The molecule has 1 aromatic carbocycles. The first-order chi connectivity index (χ1) is 13.6. The maximum atomic E-state index is 14.2. The molecule has 1 aliphatic heterocycles. The van der Waals surface area contributed by atoms with Gasteiger partial charge >= 0.3 is 6.09 Å². The number of nitrogens with zero attached hydrogens (tertiary/aromatic N) is 3. The molecule has 162 valence electrons. The standard InChI is InChI=1S/C22H35FN4O2/c1-22(2,3)29-21(28)25(4)17-6-8-18(9-7-17)26-11-13-27(14-12-26)20-10-5-16(24)15-19(20)23/h5,10,15,17-18H,6-9,11-14,24H2,1-4H3/t17-,18-. The Bertz CT molecular complexity index is 705. The summed E-state index contributed by atoms with van der Waals surface area (Å²) in [5, 5.41) is 0. The van der Waals surface area contributed by atoms with Crippen LogP contribution >= 0.6 is 0 Å². The van der Waals surface area contributed by atoms with Crippen molar-refractivity contribution >= 4 is 17.5 Å². The van der Waals surface area contributed by atoms with Crippen molar-refractivity contribution in [2.45, 2.75) is 64.1 Å². The molecule has 29 heavy (non-hydrogen) atoms. The number of piperazine rings is 1. The number of anilines is 2. The minimum atomic E-state index is -0.466. The molecule has 0 aromatic heterocycles. The van der Waals surface area contributed by atoms with E-state index >= 15 is 0 Å². The van der Waals surface area contributed by atoms with Gasteiger partial charge in [0.15, 0.2) is 0 Å². The Morgan fingerprint density at radius 2 is 1.76 bits per heavy atom. The van der Waals surface area contributed by atoms with Crippen LogP contribution in [0.15, 0.2) is 18.2 Å². The van der Waals surface area contributed by atoms with E-state index < -0.39 is 5.60 Å². The van der Waals surface area contributed by atoms with Gasteiger partial charge in [-0.05, 0) is 64.7 Å². The van der Waals surface area contributed by atoms with E-state index in [0.29, 0.717) is 17.4 Å². The Morgan fingerprint density at radius 3 is 2.31 bits per heavy atom. The Labute approximate surface area is 173 Å². The number of rotatable bonds is 3.